The molecule has 1 fully saturated rings. The van der Waals surface area contributed by atoms with E-state index >= 15 is 0 Å². The van der Waals surface area contributed by atoms with Gasteiger partial charge in [-0.15, -0.1) is 0 Å². The lowest BCUT2D eigenvalue weighted by Crippen LogP contribution is -2.41. The number of hydrogen-bond donors (Lipinski definition) is 0. The highest BCUT2D eigenvalue weighted by Crippen LogP contribution is 2.38. The molecule has 0 atom stereocenters. The zero-order valence-corrected chi connectivity index (χ0v) is 9.95. The van der Waals surface area contributed by atoms with Gasteiger partial charge >= 0.3 is 0 Å². The zero-order valence-electron chi connectivity index (χ0n) is 9.95. The Morgan fingerprint density at radius 3 is 2.56 bits per heavy atom. The first-order valence-electron chi connectivity index (χ1n) is 5.81. The average molecular weight is 218 g/mol. The fourth-order valence-electron chi connectivity index (χ4n) is 2.30. The summed E-state index contributed by atoms with van der Waals surface area (Å²) >= 11 is 0. The van der Waals surface area contributed by atoms with Gasteiger partial charge in [-0.1, -0.05) is 24.3 Å². The maximum absolute atomic E-state index is 12.2. The zero-order chi connectivity index (χ0) is 11.6. The normalized spacial score (nSPS) is 17.9. The van der Waals surface area contributed by atoms with E-state index in [9.17, 15) is 4.79 Å². The van der Waals surface area contributed by atoms with Gasteiger partial charge in [0, 0.05) is 19.1 Å². The third kappa shape index (κ3) is 2.03. The number of rotatable bonds is 4. The molecule has 0 aromatic heterocycles. The predicted octanol–water partition coefficient (Wildman–Crippen LogP) is 3.14. The average Bonchev–Trinajstić information content (AvgIpc) is 2.24. The van der Waals surface area contributed by atoms with Crippen LogP contribution in [0.25, 0.3) is 0 Å². The molecule has 86 valence electrons. The molecule has 16 heavy (non-hydrogen) atoms. The minimum atomic E-state index is -0.167. The van der Waals surface area contributed by atoms with Crippen molar-refractivity contribution in [3.05, 3.63) is 35.4 Å². The molecule has 2 rings (SSSR count). The summed E-state index contributed by atoms with van der Waals surface area (Å²) in [5.41, 5.74) is 1.73. The maximum Gasteiger partial charge on any atom is 0.166 e. The number of benzene rings is 1. The van der Waals surface area contributed by atoms with Gasteiger partial charge in [0.1, 0.15) is 0 Å². The number of carbonyl (C=O) groups excluding carboxylic acids is 1. The molecule has 0 unspecified atom stereocenters. The molecule has 0 amide bonds. The molecule has 0 saturated heterocycles. The van der Waals surface area contributed by atoms with Crippen molar-refractivity contribution < 1.29 is 9.53 Å². The summed E-state index contributed by atoms with van der Waals surface area (Å²) in [6.45, 7) is 1.98. The summed E-state index contributed by atoms with van der Waals surface area (Å²) < 4.78 is 5.48. The molecule has 0 bridgehead atoms. The van der Waals surface area contributed by atoms with Crippen LogP contribution in [0.1, 0.15) is 41.6 Å². The van der Waals surface area contributed by atoms with Crippen LogP contribution in [0.15, 0.2) is 24.3 Å². The molecule has 0 radical (unpaired) electrons. The van der Waals surface area contributed by atoms with E-state index in [1.54, 1.807) is 7.11 Å². The van der Waals surface area contributed by atoms with Crippen LogP contribution < -0.4 is 0 Å². The Morgan fingerprint density at radius 2 is 2.06 bits per heavy atom. The van der Waals surface area contributed by atoms with E-state index in [0.717, 1.165) is 24.0 Å². The number of carbonyl (C=O) groups is 1. The van der Waals surface area contributed by atoms with Crippen molar-refractivity contribution in [1.82, 2.24) is 0 Å². The summed E-state index contributed by atoms with van der Waals surface area (Å²) in [6.07, 6.45) is 3.73. The number of methoxy groups -OCH3 is 1. The van der Waals surface area contributed by atoms with E-state index in [1.165, 1.54) is 6.42 Å². The Kier molecular flexibility index (Phi) is 3.10. The van der Waals surface area contributed by atoms with Crippen molar-refractivity contribution >= 4 is 5.78 Å². The van der Waals surface area contributed by atoms with Gasteiger partial charge < -0.3 is 4.74 Å². The van der Waals surface area contributed by atoms with Crippen LogP contribution in [-0.2, 0) is 4.74 Å². The van der Waals surface area contributed by atoms with Gasteiger partial charge in [-0.2, -0.15) is 0 Å². The van der Waals surface area contributed by atoms with E-state index in [4.69, 9.17) is 4.74 Å². The van der Waals surface area contributed by atoms with E-state index in [-0.39, 0.29) is 11.4 Å². The number of ether oxygens (including phenoxy) is 1. The minimum absolute atomic E-state index is 0.167. The topological polar surface area (TPSA) is 26.3 Å². The molecule has 0 heterocycles. The standard InChI is InChI=1S/C14H18O2/c1-11-6-3-4-7-12(11)13(15)10-14(16-2)8-5-9-14/h3-4,6-7H,5,8-10H2,1-2H3. The molecule has 2 nitrogen and oxygen atoms in total. The summed E-state index contributed by atoms with van der Waals surface area (Å²) in [5.74, 6) is 0.208. The Bertz CT molecular complexity index is 386. The molecule has 0 N–H and O–H groups in total. The summed E-state index contributed by atoms with van der Waals surface area (Å²) in [7, 11) is 1.71. The predicted molar refractivity (Wildman–Crippen MR) is 63.7 cm³/mol. The summed E-state index contributed by atoms with van der Waals surface area (Å²) in [4.78, 5) is 12.2. The minimum Gasteiger partial charge on any atom is -0.378 e. The Labute approximate surface area is 96.6 Å². The second-order valence-electron chi connectivity index (χ2n) is 4.66. The first kappa shape index (κ1) is 11.3. The first-order valence-corrected chi connectivity index (χ1v) is 5.81. The lowest BCUT2D eigenvalue weighted by Gasteiger charge is -2.40. The molecule has 2 heteroatoms. The highest BCUT2D eigenvalue weighted by atomic mass is 16.5. The van der Waals surface area contributed by atoms with Gasteiger partial charge in [-0.05, 0) is 31.7 Å². The monoisotopic (exact) mass is 218 g/mol. The van der Waals surface area contributed by atoms with Crippen LogP contribution in [0, 0.1) is 6.92 Å². The van der Waals surface area contributed by atoms with Gasteiger partial charge in [0.2, 0.25) is 0 Å². The van der Waals surface area contributed by atoms with E-state index in [2.05, 4.69) is 0 Å². The van der Waals surface area contributed by atoms with Gasteiger partial charge in [0.15, 0.2) is 5.78 Å². The fourth-order valence-corrected chi connectivity index (χ4v) is 2.30. The molecule has 1 aromatic carbocycles. The van der Waals surface area contributed by atoms with Crippen LogP contribution in [0.4, 0.5) is 0 Å². The van der Waals surface area contributed by atoms with Crippen molar-refractivity contribution in [3.63, 3.8) is 0 Å². The molecule has 1 aliphatic rings. The van der Waals surface area contributed by atoms with Gasteiger partial charge in [-0.25, -0.2) is 0 Å². The van der Waals surface area contributed by atoms with Crippen molar-refractivity contribution in [2.75, 3.05) is 7.11 Å². The summed E-state index contributed by atoms with van der Waals surface area (Å²) in [5, 5.41) is 0. The number of ketones is 1. The molecule has 1 aromatic rings. The number of Topliss-reactive ketones (excluding diaryl/α,β-unsaturated/α-hetero) is 1. The van der Waals surface area contributed by atoms with Crippen LogP contribution >= 0.6 is 0 Å². The van der Waals surface area contributed by atoms with Crippen molar-refractivity contribution in [2.45, 2.75) is 38.2 Å². The lowest BCUT2D eigenvalue weighted by molar-refractivity contribution is -0.0704. The highest BCUT2D eigenvalue weighted by Gasteiger charge is 2.39. The maximum atomic E-state index is 12.2. The van der Waals surface area contributed by atoms with Crippen LogP contribution in [0.5, 0.6) is 0 Å². The van der Waals surface area contributed by atoms with Crippen molar-refractivity contribution in [1.29, 1.82) is 0 Å². The van der Waals surface area contributed by atoms with E-state index < -0.39 is 0 Å². The lowest BCUT2D eigenvalue weighted by atomic mass is 9.75. The van der Waals surface area contributed by atoms with Gasteiger partial charge in [0.05, 0.1) is 5.60 Å². The second-order valence-corrected chi connectivity index (χ2v) is 4.66. The third-order valence-electron chi connectivity index (χ3n) is 3.63. The first-order chi connectivity index (χ1) is 7.67. The molecule has 1 saturated carbocycles. The van der Waals surface area contributed by atoms with Crippen molar-refractivity contribution in [3.8, 4) is 0 Å². The van der Waals surface area contributed by atoms with Crippen LogP contribution in [0.3, 0.4) is 0 Å². The fraction of sp³-hybridized carbons (Fsp3) is 0.500. The highest BCUT2D eigenvalue weighted by molar-refractivity contribution is 5.98. The molecular formula is C14H18O2. The van der Waals surface area contributed by atoms with E-state index in [0.29, 0.717) is 6.42 Å². The number of aryl methyl sites for hydroxylation is 1. The summed E-state index contributed by atoms with van der Waals surface area (Å²) in [6, 6.07) is 7.76. The number of hydrogen-bond acceptors (Lipinski definition) is 2. The van der Waals surface area contributed by atoms with Gasteiger partial charge in [0.25, 0.3) is 0 Å². The van der Waals surface area contributed by atoms with E-state index in [1.807, 2.05) is 31.2 Å². The largest absolute Gasteiger partial charge is 0.378 e. The Morgan fingerprint density at radius 1 is 1.38 bits per heavy atom. The second kappa shape index (κ2) is 4.38. The Hall–Kier alpha value is -1.15. The molecular weight excluding hydrogens is 200 g/mol. The van der Waals surface area contributed by atoms with Crippen molar-refractivity contribution in [2.24, 2.45) is 0 Å². The quantitative estimate of drug-likeness (QED) is 0.726. The smallest absolute Gasteiger partial charge is 0.166 e. The molecule has 0 spiro atoms. The molecule has 0 aliphatic heterocycles. The molecule has 1 aliphatic carbocycles. The SMILES string of the molecule is COC1(CC(=O)c2ccccc2C)CCC1. The van der Waals surface area contributed by atoms with Crippen LogP contribution in [-0.4, -0.2) is 18.5 Å². The van der Waals surface area contributed by atoms with Gasteiger partial charge in [-0.3, -0.25) is 4.79 Å². The van der Waals surface area contributed by atoms with Crippen LogP contribution in [0.2, 0.25) is 0 Å². The Balaban J connectivity index is 2.11. The third-order valence-corrected chi connectivity index (χ3v) is 3.63.